The number of tetrazole rings is 1. The lowest BCUT2D eigenvalue weighted by Gasteiger charge is -2.12. The number of hydrogen-bond acceptors (Lipinski definition) is 5. The molecule has 102 valence electrons. The summed E-state index contributed by atoms with van der Waals surface area (Å²) in [6, 6.07) is 13.6. The van der Waals surface area contributed by atoms with Crippen LogP contribution in [-0.4, -0.2) is 20.2 Å². The first-order valence-electron chi connectivity index (χ1n) is 6.41. The van der Waals surface area contributed by atoms with E-state index in [-0.39, 0.29) is 6.04 Å². The molecule has 1 unspecified atom stereocenters. The minimum absolute atomic E-state index is 0.0165. The molecular weight excluding hydrogens is 254 g/mol. The van der Waals surface area contributed by atoms with Gasteiger partial charge in [0.2, 0.25) is 5.95 Å². The van der Waals surface area contributed by atoms with Crippen molar-refractivity contribution in [1.82, 2.24) is 20.2 Å². The molecule has 1 N–H and O–H groups in total. The summed E-state index contributed by atoms with van der Waals surface area (Å²) < 4.78 is 7.26. The second kappa shape index (κ2) is 5.16. The van der Waals surface area contributed by atoms with Crippen LogP contribution in [0.1, 0.15) is 24.5 Å². The van der Waals surface area contributed by atoms with Crippen LogP contribution in [-0.2, 0) is 0 Å². The van der Waals surface area contributed by atoms with Crippen LogP contribution in [0.3, 0.4) is 0 Å². The van der Waals surface area contributed by atoms with Crippen molar-refractivity contribution in [3.63, 3.8) is 0 Å². The molecule has 0 fully saturated rings. The summed E-state index contributed by atoms with van der Waals surface area (Å²) in [6.07, 6.45) is 0. The molecule has 3 rings (SSSR count). The first kappa shape index (κ1) is 12.4. The standard InChI is InChI=1S/C14H15N5O/c1-10-8-9-13(20-10)11(2)15-14-16-17-18-19(14)12-6-4-3-5-7-12/h3-9,11H,1-2H3,(H,15,16,18). The number of anilines is 1. The Kier molecular flexibility index (Phi) is 3.20. The molecule has 0 aliphatic carbocycles. The third-order valence-electron chi connectivity index (χ3n) is 3.00. The molecule has 1 aromatic carbocycles. The maximum absolute atomic E-state index is 5.60. The average Bonchev–Trinajstić information content (AvgIpc) is 3.09. The Morgan fingerprint density at radius 1 is 1.15 bits per heavy atom. The van der Waals surface area contributed by atoms with Gasteiger partial charge in [-0.1, -0.05) is 23.3 Å². The zero-order valence-corrected chi connectivity index (χ0v) is 11.3. The summed E-state index contributed by atoms with van der Waals surface area (Å²) in [5.41, 5.74) is 0.905. The fraction of sp³-hybridized carbons (Fsp3) is 0.214. The van der Waals surface area contributed by atoms with E-state index in [1.165, 1.54) is 0 Å². The molecule has 0 aliphatic rings. The van der Waals surface area contributed by atoms with Crippen LogP contribution in [0, 0.1) is 6.92 Å². The van der Waals surface area contributed by atoms with Gasteiger partial charge in [-0.3, -0.25) is 0 Å². The van der Waals surface area contributed by atoms with E-state index in [2.05, 4.69) is 20.8 Å². The van der Waals surface area contributed by atoms with Gasteiger partial charge in [-0.15, -0.1) is 0 Å². The lowest BCUT2D eigenvalue weighted by atomic mass is 10.2. The molecule has 1 atom stereocenters. The Bertz CT molecular complexity index is 688. The van der Waals surface area contributed by atoms with E-state index in [4.69, 9.17) is 4.42 Å². The summed E-state index contributed by atoms with van der Waals surface area (Å²) in [4.78, 5) is 0. The lowest BCUT2D eigenvalue weighted by molar-refractivity contribution is 0.465. The van der Waals surface area contributed by atoms with E-state index < -0.39 is 0 Å². The lowest BCUT2D eigenvalue weighted by Crippen LogP contribution is -2.11. The maximum atomic E-state index is 5.60. The minimum Gasteiger partial charge on any atom is -0.464 e. The van der Waals surface area contributed by atoms with E-state index in [0.29, 0.717) is 5.95 Å². The van der Waals surface area contributed by atoms with Gasteiger partial charge in [0, 0.05) is 0 Å². The molecule has 0 bridgehead atoms. The molecule has 6 heteroatoms. The summed E-state index contributed by atoms with van der Waals surface area (Å²) in [7, 11) is 0. The highest BCUT2D eigenvalue weighted by molar-refractivity contribution is 5.39. The molecule has 3 aromatic rings. The van der Waals surface area contributed by atoms with E-state index in [9.17, 15) is 0 Å². The quantitative estimate of drug-likeness (QED) is 0.788. The Morgan fingerprint density at radius 2 is 1.95 bits per heavy atom. The third kappa shape index (κ3) is 2.40. The third-order valence-corrected chi connectivity index (χ3v) is 3.00. The van der Waals surface area contributed by atoms with Gasteiger partial charge in [0.05, 0.1) is 11.7 Å². The van der Waals surface area contributed by atoms with Crippen LogP contribution < -0.4 is 5.32 Å². The predicted molar refractivity (Wildman–Crippen MR) is 74.6 cm³/mol. The van der Waals surface area contributed by atoms with Crippen LogP contribution >= 0.6 is 0 Å². The number of aryl methyl sites for hydroxylation is 1. The second-order valence-electron chi connectivity index (χ2n) is 4.56. The topological polar surface area (TPSA) is 68.8 Å². The Balaban J connectivity index is 1.84. The maximum Gasteiger partial charge on any atom is 0.248 e. The van der Waals surface area contributed by atoms with E-state index in [1.807, 2.05) is 56.3 Å². The first-order valence-corrected chi connectivity index (χ1v) is 6.41. The van der Waals surface area contributed by atoms with Crippen LogP contribution in [0.2, 0.25) is 0 Å². The molecule has 20 heavy (non-hydrogen) atoms. The van der Waals surface area contributed by atoms with Crippen LogP contribution in [0.4, 0.5) is 5.95 Å². The van der Waals surface area contributed by atoms with Crippen LogP contribution in [0.25, 0.3) is 5.69 Å². The highest BCUT2D eigenvalue weighted by atomic mass is 16.3. The summed E-state index contributed by atoms with van der Waals surface area (Å²) >= 11 is 0. The second-order valence-corrected chi connectivity index (χ2v) is 4.56. The van der Waals surface area contributed by atoms with Gasteiger partial charge in [-0.25, -0.2) is 0 Å². The van der Waals surface area contributed by atoms with Gasteiger partial charge in [0.15, 0.2) is 0 Å². The summed E-state index contributed by atoms with van der Waals surface area (Å²) in [5.74, 6) is 2.32. The largest absolute Gasteiger partial charge is 0.464 e. The van der Waals surface area contributed by atoms with Gasteiger partial charge in [-0.05, 0) is 48.5 Å². The Morgan fingerprint density at radius 3 is 2.65 bits per heavy atom. The van der Waals surface area contributed by atoms with Crippen molar-refractivity contribution in [2.24, 2.45) is 0 Å². The van der Waals surface area contributed by atoms with Gasteiger partial charge < -0.3 is 9.73 Å². The number of furan rings is 1. The SMILES string of the molecule is Cc1ccc(C(C)Nc2nnnn2-c2ccccc2)o1. The van der Waals surface area contributed by atoms with E-state index >= 15 is 0 Å². The van der Waals surface area contributed by atoms with Crippen LogP contribution in [0.15, 0.2) is 46.9 Å². The van der Waals surface area contributed by atoms with Crippen molar-refractivity contribution in [2.45, 2.75) is 19.9 Å². The summed E-state index contributed by atoms with van der Waals surface area (Å²) in [6.45, 7) is 3.92. The molecule has 6 nitrogen and oxygen atoms in total. The summed E-state index contributed by atoms with van der Waals surface area (Å²) in [5, 5.41) is 15.0. The molecule has 2 aromatic heterocycles. The van der Waals surface area contributed by atoms with E-state index in [1.54, 1.807) is 4.68 Å². The number of aromatic nitrogens is 4. The van der Waals surface area contributed by atoms with Gasteiger partial charge in [-0.2, -0.15) is 4.68 Å². The highest BCUT2D eigenvalue weighted by Gasteiger charge is 2.14. The van der Waals surface area contributed by atoms with Crippen molar-refractivity contribution >= 4 is 5.95 Å². The number of benzene rings is 1. The molecule has 0 saturated carbocycles. The number of hydrogen-bond donors (Lipinski definition) is 1. The van der Waals surface area contributed by atoms with Gasteiger partial charge >= 0.3 is 0 Å². The smallest absolute Gasteiger partial charge is 0.248 e. The molecule has 0 radical (unpaired) electrons. The normalized spacial score (nSPS) is 12.3. The molecule has 0 spiro atoms. The zero-order chi connectivity index (χ0) is 13.9. The van der Waals surface area contributed by atoms with Gasteiger partial charge in [0.25, 0.3) is 0 Å². The Hall–Kier alpha value is -2.63. The predicted octanol–water partition coefficient (Wildman–Crippen LogP) is 2.74. The zero-order valence-electron chi connectivity index (χ0n) is 11.3. The van der Waals surface area contributed by atoms with Crippen molar-refractivity contribution in [1.29, 1.82) is 0 Å². The minimum atomic E-state index is -0.0165. The highest BCUT2D eigenvalue weighted by Crippen LogP contribution is 2.20. The average molecular weight is 269 g/mol. The number of nitrogens with one attached hydrogen (secondary N) is 1. The molecular formula is C14H15N5O. The van der Waals surface area contributed by atoms with Crippen molar-refractivity contribution in [3.8, 4) is 5.69 Å². The Labute approximate surface area is 116 Å². The molecule has 0 amide bonds. The fourth-order valence-corrected chi connectivity index (χ4v) is 1.97. The monoisotopic (exact) mass is 269 g/mol. The van der Waals surface area contributed by atoms with Crippen LogP contribution in [0.5, 0.6) is 0 Å². The molecule has 0 aliphatic heterocycles. The molecule has 0 saturated heterocycles. The number of nitrogens with zero attached hydrogens (tertiary/aromatic N) is 4. The van der Waals surface area contributed by atoms with Crippen molar-refractivity contribution in [3.05, 3.63) is 54.0 Å². The van der Waals surface area contributed by atoms with E-state index in [0.717, 1.165) is 17.2 Å². The van der Waals surface area contributed by atoms with Gasteiger partial charge in [0.1, 0.15) is 11.5 Å². The fourth-order valence-electron chi connectivity index (χ4n) is 1.97. The first-order chi connectivity index (χ1) is 9.74. The number of rotatable bonds is 4. The molecule has 2 heterocycles. The van der Waals surface area contributed by atoms with Crippen molar-refractivity contribution < 1.29 is 4.42 Å². The van der Waals surface area contributed by atoms with Crippen molar-refractivity contribution in [2.75, 3.05) is 5.32 Å². The number of para-hydroxylation sites is 1.